The summed E-state index contributed by atoms with van der Waals surface area (Å²) in [5, 5.41) is 0.984. The van der Waals surface area contributed by atoms with Gasteiger partial charge in [0.15, 0.2) is 0 Å². The molecule has 1 amide bonds. The van der Waals surface area contributed by atoms with Gasteiger partial charge in [-0.15, -0.1) is 0 Å². The zero-order valence-electron chi connectivity index (χ0n) is 18.9. The molecule has 1 heterocycles. The smallest absolute Gasteiger partial charge is 0.410 e. The molecule has 1 aromatic carbocycles. The fraction of sp³-hybridized carbons (Fsp3) is 0.591. The van der Waals surface area contributed by atoms with Crippen LogP contribution in [0.3, 0.4) is 0 Å². The standard InChI is InChI=1S/C22H32ClN3O4/c1-21(2,3)14-26-18(24-17-9-8-15(23)12-16(17)19(26)27)13-29-11-10-25(7)20(28)30-22(4,5)6/h8-9,12H,10-11,13-14H2,1-7H3. The first-order chi connectivity index (χ1) is 13.8. The van der Waals surface area contributed by atoms with Gasteiger partial charge in [-0.25, -0.2) is 9.78 Å². The molecule has 0 saturated carbocycles. The third-order valence-corrected chi connectivity index (χ3v) is 4.37. The van der Waals surface area contributed by atoms with Crippen molar-refractivity contribution in [2.24, 2.45) is 5.41 Å². The van der Waals surface area contributed by atoms with E-state index in [-0.39, 0.29) is 17.6 Å². The number of benzene rings is 1. The van der Waals surface area contributed by atoms with Crippen LogP contribution in [0.5, 0.6) is 0 Å². The highest BCUT2D eigenvalue weighted by Crippen LogP contribution is 2.20. The maximum absolute atomic E-state index is 13.1. The van der Waals surface area contributed by atoms with Crippen molar-refractivity contribution in [3.8, 4) is 0 Å². The number of carbonyl (C=O) groups is 1. The number of rotatable bonds is 6. The second-order valence-electron chi connectivity index (χ2n) is 9.60. The summed E-state index contributed by atoms with van der Waals surface area (Å²) in [5.74, 6) is 0.546. The quantitative estimate of drug-likeness (QED) is 0.623. The number of halogens is 1. The van der Waals surface area contributed by atoms with Gasteiger partial charge in [-0.05, 0) is 44.4 Å². The molecular weight excluding hydrogens is 406 g/mol. The van der Waals surface area contributed by atoms with Gasteiger partial charge in [-0.2, -0.15) is 0 Å². The Balaban J connectivity index is 2.14. The second-order valence-corrected chi connectivity index (χ2v) is 10.0. The summed E-state index contributed by atoms with van der Waals surface area (Å²) in [5.41, 5.74) is -0.225. The topological polar surface area (TPSA) is 73.7 Å². The number of ether oxygens (including phenoxy) is 2. The van der Waals surface area contributed by atoms with Crippen LogP contribution in [-0.2, 0) is 22.6 Å². The molecule has 0 aliphatic carbocycles. The van der Waals surface area contributed by atoms with E-state index in [1.165, 1.54) is 4.90 Å². The second kappa shape index (κ2) is 9.35. The first-order valence-electron chi connectivity index (χ1n) is 9.98. The number of nitrogens with zero attached hydrogens (tertiary/aromatic N) is 3. The Kier molecular flexibility index (Phi) is 7.53. The van der Waals surface area contributed by atoms with Gasteiger partial charge in [0.05, 0.1) is 17.5 Å². The molecule has 0 aliphatic rings. The van der Waals surface area contributed by atoms with Crippen LogP contribution in [0.4, 0.5) is 4.79 Å². The summed E-state index contributed by atoms with van der Waals surface area (Å²) in [7, 11) is 1.66. The SMILES string of the molecule is CN(CCOCc1nc2ccc(Cl)cc2c(=O)n1CC(C)(C)C)C(=O)OC(C)(C)C. The van der Waals surface area contributed by atoms with Crippen molar-refractivity contribution in [3.63, 3.8) is 0 Å². The van der Waals surface area contributed by atoms with Gasteiger partial charge in [0, 0.05) is 25.2 Å². The van der Waals surface area contributed by atoms with Crippen molar-refractivity contribution in [2.75, 3.05) is 20.2 Å². The molecule has 0 atom stereocenters. The maximum atomic E-state index is 13.1. The van der Waals surface area contributed by atoms with Crippen molar-refractivity contribution in [1.29, 1.82) is 0 Å². The van der Waals surface area contributed by atoms with Crippen LogP contribution < -0.4 is 5.56 Å². The lowest BCUT2D eigenvalue weighted by atomic mass is 9.96. The average Bonchev–Trinajstić information content (AvgIpc) is 2.59. The van der Waals surface area contributed by atoms with Crippen LogP contribution >= 0.6 is 11.6 Å². The van der Waals surface area contributed by atoms with Crippen LogP contribution in [0.1, 0.15) is 47.4 Å². The fourth-order valence-electron chi connectivity index (χ4n) is 2.78. The Hall–Kier alpha value is -2.12. The lowest BCUT2D eigenvalue weighted by molar-refractivity contribution is 0.0214. The summed E-state index contributed by atoms with van der Waals surface area (Å²) in [6.07, 6.45) is -0.406. The lowest BCUT2D eigenvalue weighted by Gasteiger charge is -2.25. The minimum Gasteiger partial charge on any atom is -0.444 e. The zero-order chi connectivity index (χ0) is 22.7. The number of hydrogen-bond acceptors (Lipinski definition) is 5. The molecule has 166 valence electrons. The first kappa shape index (κ1) is 24.2. The van der Waals surface area contributed by atoms with E-state index in [9.17, 15) is 9.59 Å². The van der Waals surface area contributed by atoms with E-state index < -0.39 is 11.7 Å². The largest absolute Gasteiger partial charge is 0.444 e. The van der Waals surface area contributed by atoms with E-state index in [2.05, 4.69) is 25.8 Å². The van der Waals surface area contributed by atoms with Crippen molar-refractivity contribution < 1.29 is 14.3 Å². The van der Waals surface area contributed by atoms with Gasteiger partial charge in [-0.3, -0.25) is 9.36 Å². The Labute approximate surface area is 182 Å². The molecule has 0 fully saturated rings. The van der Waals surface area contributed by atoms with E-state index in [1.807, 2.05) is 20.8 Å². The third kappa shape index (κ3) is 6.99. The molecule has 0 bridgehead atoms. The van der Waals surface area contributed by atoms with Gasteiger partial charge in [0.1, 0.15) is 18.0 Å². The molecule has 1 aromatic heterocycles. The first-order valence-corrected chi connectivity index (χ1v) is 10.4. The number of likely N-dealkylation sites (N-methyl/N-ethyl adjacent to an activating group) is 1. The van der Waals surface area contributed by atoms with Crippen molar-refractivity contribution in [1.82, 2.24) is 14.5 Å². The Morgan fingerprint density at radius 2 is 1.87 bits per heavy atom. The fourth-order valence-corrected chi connectivity index (χ4v) is 2.95. The zero-order valence-corrected chi connectivity index (χ0v) is 19.7. The maximum Gasteiger partial charge on any atom is 0.410 e. The van der Waals surface area contributed by atoms with Gasteiger partial charge < -0.3 is 14.4 Å². The molecule has 0 spiro atoms. The van der Waals surface area contributed by atoms with Crippen molar-refractivity contribution in [2.45, 2.75) is 60.3 Å². The van der Waals surface area contributed by atoms with Crippen LogP contribution in [0.25, 0.3) is 10.9 Å². The normalized spacial score (nSPS) is 12.3. The molecule has 7 nitrogen and oxygen atoms in total. The number of hydrogen-bond donors (Lipinski definition) is 0. The Morgan fingerprint density at radius 1 is 1.20 bits per heavy atom. The molecule has 0 radical (unpaired) electrons. The molecule has 30 heavy (non-hydrogen) atoms. The predicted octanol–water partition coefficient (Wildman–Crippen LogP) is 4.48. The van der Waals surface area contributed by atoms with E-state index >= 15 is 0 Å². The van der Waals surface area contributed by atoms with Crippen molar-refractivity contribution >= 4 is 28.6 Å². The Bertz CT molecular complexity index is 958. The molecule has 0 N–H and O–H groups in total. The molecule has 8 heteroatoms. The van der Waals surface area contributed by atoms with Crippen LogP contribution in [0, 0.1) is 5.41 Å². The van der Waals surface area contributed by atoms with Crippen LogP contribution in [0.15, 0.2) is 23.0 Å². The summed E-state index contributed by atoms with van der Waals surface area (Å²) in [6, 6.07) is 5.09. The highest BCUT2D eigenvalue weighted by atomic mass is 35.5. The van der Waals surface area contributed by atoms with Crippen LogP contribution in [-0.4, -0.2) is 46.3 Å². The average molecular weight is 438 g/mol. The number of carbonyl (C=O) groups excluding carboxylic acids is 1. The molecule has 2 rings (SSSR count). The highest BCUT2D eigenvalue weighted by molar-refractivity contribution is 6.31. The molecule has 0 unspecified atom stereocenters. The van der Waals surface area contributed by atoms with Gasteiger partial charge in [-0.1, -0.05) is 32.4 Å². The number of fused-ring (bicyclic) bond motifs is 1. The summed E-state index contributed by atoms with van der Waals surface area (Å²) in [6.45, 7) is 12.9. The minimum atomic E-state index is -0.548. The Morgan fingerprint density at radius 3 is 2.47 bits per heavy atom. The minimum absolute atomic E-state index is 0.122. The summed E-state index contributed by atoms with van der Waals surface area (Å²) < 4.78 is 12.7. The third-order valence-electron chi connectivity index (χ3n) is 4.14. The molecule has 2 aromatic rings. The molecule has 0 saturated heterocycles. The number of amides is 1. The summed E-state index contributed by atoms with van der Waals surface area (Å²) >= 11 is 6.07. The van der Waals surface area contributed by atoms with E-state index in [0.29, 0.717) is 41.4 Å². The molecular formula is C22H32ClN3O4. The van der Waals surface area contributed by atoms with Crippen molar-refractivity contribution in [3.05, 3.63) is 39.4 Å². The monoisotopic (exact) mass is 437 g/mol. The lowest BCUT2D eigenvalue weighted by Crippen LogP contribution is -2.36. The van der Waals surface area contributed by atoms with E-state index in [4.69, 9.17) is 21.1 Å². The molecule has 0 aliphatic heterocycles. The number of aromatic nitrogens is 2. The predicted molar refractivity (Wildman–Crippen MR) is 119 cm³/mol. The van der Waals surface area contributed by atoms with E-state index in [0.717, 1.165) is 0 Å². The van der Waals surface area contributed by atoms with E-state index in [1.54, 1.807) is 29.8 Å². The van der Waals surface area contributed by atoms with Gasteiger partial charge >= 0.3 is 6.09 Å². The van der Waals surface area contributed by atoms with Gasteiger partial charge in [0.2, 0.25) is 0 Å². The highest BCUT2D eigenvalue weighted by Gasteiger charge is 2.20. The van der Waals surface area contributed by atoms with Crippen LogP contribution in [0.2, 0.25) is 5.02 Å². The summed E-state index contributed by atoms with van der Waals surface area (Å²) in [4.78, 5) is 31.2. The van der Waals surface area contributed by atoms with Gasteiger partial charge in [0.25, 0.3) is 5.56 Å².